The second-order valence-corrected chi connectivity index (χ2v) is 6.83. The average Bonchev–Trinajstić information content (AvgIpc) is 2.93. The van der Waals surface area contributed by atoms with Crippen LogP contribution in [-0.2, 0) is 11.3 Å². The van der Waals surface area contributed by atoms with E-state index in [1.165, 1.54) is 19.3 Å². The number of imide groups is 1. The van der Waals surface area contributed by atoms with Gasteiger partial charge in [-0.25, -0.2) is 4.90 Å². The number of amides is 2. The fraction of sp³-hybridized carbons (Fsp3) is 0.286. The normalized spacial score (nSPS) is 17.5. The molecule has 2 amide bonds. The van der Waals surface area contributed by atoms with Crippen LogP contribution in [0.4, 0.5) is 5.69 Å². The van der Waals surface area contributed by atoms with E-state index in [1.807, 2.05) is 6.07 Å². The van der Waals surface area contributed by atoms with Crippen LogP contribution >= 0.6 is 0 Å². The van der Waals surface area contributed by atoms with Gasteiger partial charge < -0.3 is 0 Å². The number of piperidine rings is 1. The molecule has 0 saturated carbocycles. The van der Waals surface area contributed by atoms with E-state index in [9.17, 15) is 14.4 Å². The van der Waals surface area contributed by atoms with Gasteiger partial charge in [0.05, 0.1) is 11.3 Å². The van der Waals surface area contributed by atoms with Crippen molar-refractivity contribution in [2.75, 3.05) is 18.0 Å². The van der Waals surface area contributed by atoms with Crippen LogP contribution in [0, 0.1) is 0 Å². The van der Waals surface area contributed by atoms with E-state index in [0.717, 1.165) is 30.1 Å². The van der Waals surface area contributed by atoms with Crippen molar-refractivity contribution >= 4 is 23.3 Å². The molecule has 2 heterocycles. The van der Waals surface area contributed by atoms with Gasteiger partial charge in [-0.2, -0.15) is 0 Å². The standard InChI is InChI=1S/C21H20N2O3/c24-19-17-13-15(14-22-11-5-2-6-12-22)9-10-18(17)23(21(19)26)20(25)16-7-3-1-4-8-16/h1,3-4,7-10,13H,2,5-6,11-12,14H2. The minimum Gasteiger partial charge on any atom is -0.299 e. The maximum absolute atomic E-state index is 12.7. The van der Waals surface area contributed by atoms with Crippen molar-refractivity contribution in [1.82, 2.24) is 4.90 Å². The van der Waals surface area contributed by atoms with Gasteiger partial charge in [0.15, 0.2) is 0 Å². The summed E-state index contributed by atoms with van der Waals surface area (Å²) in [5.41, 5.74) is 2.10. The highest BCUT2D eigenvalue weighted by Crippen LogP contribution is 2.31. The summed E-state index contributed by atoms with van der Waals surface area (Å²) < 4.78 is 0. The third kappa shape index (κ3) is 2.95. The maximum Gasteiger partial charge on any atom is 0.306 e. The molecule has 2 aliphatic rings. The van der Waals surface area contributed by atoms with Crippen molar-refractivity contribution in [2.24, 2.45) is 0 Å². The van der Waals surface area contributed by atoms with Gasteiger partial charge in [0, 0.05) is 12.1 Å². The smallest absolute Gasteiger partial charge is 0.299 e. The summed E-state index contributed by atoms with van der Waals surface area (Å²) in [6, 6.07) is 13.9. The van der Waals surface area contributed by atoms with Gasteiger partial charge in [-0.3, -0.25) is 19.3 Å². The lowest BCUT2D eigenvalue weighted by atomic mass is 10.1. The molecule has 0 atom stereocenters. The first-order valence-electron chi connectivity index (χ1n) is 8.98. The number of nitrogens with zero attached hydrogens (tertiary/aromatic N) is 2. The molecule has 26 heavy (non-hydrogen) atoms. The monoisotopic (exact) mass is 348 g/mol. The van der Waals surface area contributed by atoms with E-state index in [1.54, 1.807) is 42.5 Å². The highest BCUT2D eigenvalue weighted by molar-refractivity contribution is 6.57. The second-order valence-electron chi connectivity index (χ2n) is 6.83. The third-order valence-electron chi connectivity index (χ3n) is 5.02. The van der Waals surface area contributed by atoms with E-state index in [2.05, 4.69) is 4.90 Å². The Bertz CT molecular complexity index is 870. The first-order chi connectivity index (χ1) is 12.6. The Morgan fingerprint density at radius 3 is 2.38 bits per heavy atom. The molecule has 132 valence electrons. The van der Waals surface area contributed by atoms with Crippen molar-refractivity contribution in [1.29, 1.82) is 0 Å². The van der Waals surface area contributed by atoms with E-state index in [-0.39, 0.29) is 0 Å². The van der Waals surface area contributed by atoms with Gasteiger partial charge in [-0.05, 0) is 55.8 Å². The van der Waals surface area contributed by atoms with Crippen LogP contribution in [0.5, 0.6) is 0 Å². The summed E-state index contributed by atoms with van der Waals surface area (Å²) in [6.45, 7) is 2.88. The first-order valence-corrected chi connectivity index (χ1v) is 8.98. The van der Waals surface area contributed by atoms with Gasteiger partial charge in [0.2, 0.25) is 0 Å². The summed E-state index contributed by atoms with van der Waals surface area (Å²) in [6.07, 6.45) is 3.66. The van der Waals surface area contributed by atoms with Crippen LogP contribution in [0.1, 0.15) is 45.5 Å². The summed E-state index contributed by atoms with van der Waals surface area (Å²) in [7, 11) is 0. The molecule has 0 bridgehead atoms. The molecule has 5 nitrogen and oxygen atoms in total. The lowest BCUT2D eigenvalue weighted by molar-refractivity contribution is -0.113. The van der Waals surface area contributed by atoms with E-state index in [4.69, 9.17) is 0 Å². The number of anilines is 1. The number of rotatable bonds is 3. The Balaban J connectivity index is 1.62. The summed E-state index contributed by atoms with van der Waals surface area (Å²) in [4.78, 5) is 40.9. The fourth-order valence-electron chi connectivity index (χ4n) is 3.67. The summed E-state index contributed by atoms with van der Waals surface area (Å²) in [5.74, 6) is -1.85. The minimum atomic E-state index is -0.774. The molecule has 2 aromatic carbocycles. The topological polar surface area (TPSA) is 57.7 Å². The molecule has 2 aromatic rings. The number of carbonyl (C=O) groups excluding carboxylic acids is 3. The minimum absolute atomic E-state index is 0.328. The average molecular weight is 348 g/mol. The van der Waals surface area contributed by atoms with Crippen LogP contribution in [0.3, 0.4) is 0 Å². The molecule has 4 rings (SSSR count). The molecular weight excluding hydrogens is 328 g/mol. The molecule has 0 aliphatic carbocycles. The summed E-state index contributed by atoms with van der Waals surface area (Å²) in [5, 5.41) is 0. The number of hydrogen-bond donors (Lipinski definition) is 0. The molecule has 1 fully saturated rings. The number of carbonyl (C=O) groups is 3. The van der Waals surface area contributed by atoms with Gasteiger partial charge in [-0.1, -0.05) is 30.7 Å². The zero-order chi connectivity index (χ0) is 18.1. The van der Waals surface area contributed by atoms with Crippen LogP contribution in [-0.4, -0.2) is 35.6 Å². The SMILES string of the molecule is O=C1C(=O)N(C(=O)c2ccccc2)c2ccc(CN3CCCCC3)cc21. The molecule has 2 aliphatic heterocycles. The van der Waals surface area contributed by atoms with Crippen molar-refractivity contribution in [3.05, 3.63) is 65.2 Å². The van der Waals surface area contributed by atoms with Gasteiger partial charge >= 0.3 is 5.91 Å². The van der Waals surface area contributed by atoms with Gasteiger partial charge in [-0.15, -0.1) is 0 Å². The number of Topliss-reactive ketones (excluding diaryl/α,β-unsaturated/α-hetero) is 1. The van der Waals surface area contributed by atoms with E-state index < -0.39 is 17.6 Å². The predicted molar refractivity (Wildman–Crippen MR) is 98.2 cm³/mol. The summed E-state index contributed by atoms with van der Waals surface area (Å²) >= 11 is 0. The van der Waals surface area contributed by atoms with Crippen LogP contribution in [0.25, 0.3) is 0 Å². The van der Waals surface area contributed by atoms with Crippen molar-refractivity contribution in [3.8, 4) is 0 Å². The second kappa shape index (κ2) is 6.84. The Labute approximate surface area is 152 Å². The highest BCUT2D eigenvalue weighted by Gasteiger charge is 2.40. The zero-order valence-electron chi connectivity index (χ0n) is 14.5. The maximum atomic E-state index is 12.7. The van der Waals surface area contributed by atoms with Crippen LogP contribution in [0.2, 0.25) is 0 Å². The predicted octanol–water partition coefficient (Wildman–Crippen LogP) is 3.04. The van der Waals surface area contributed by atoms with Crippen molar-refractivity contribution in [2.45, 2.75) is 25.8 Å². The Morgan fingerprint density at radius 2 is 1.65 bits per heavy atom. The Morgan fingerprint density at radius 1 is 0.923 bits per heavy atom. The molecule has 0 unspecified atom stereocenters. The van der Waals surface area contributed by atoms with Crippen molar-refractivity contribution in [3.63, 3.8) is 0 Å². The quantitative estimate of drug-likeness (QED) is 0.632. The Hall–Kier alpha value is -2.79. The zero-order valence-corrected chi connectivity index (χ0v) is 14.5. The molecule has 5 heteroatoms. The molecule has 0 aromatic heterocycles. The largest absolute Gasteiger partial charge is 0.306 e. The van der Waals surface area contributed by atoms with Gasteiger partial charge in [0.1, 0.15) is 0 Å². The number of ketones is 1. The van der Waals surface area contributed by atoms with Crippen LogP contribution in [0.15, 0.2) is 48.5 Å². The fourth-order valence-corrected chi connectivity index (χ4v) is 3.67. The van der Waals surface area contributed by atoms with Crippen molar-refractivity contribution < 1.29 is 14.4 Å². The molecule has 0 radical (unpaired) electrons. The van der Waals surface area contributed by atoms with Gasteiger partial charge in [0.25, 0.3) is 11.7 Å². The lowest BCUT2D eigenvalue weighted by Gasteiger charge is -2.26. The third-order valence-corrected chi connectivity index (χ3v) is 5.02. The number of fused-ring (bicyclic) bond motifs is 1. The molecule has 1 saturated heterocycles. The van der Waals surface area contributed by atoms with Crippen LogP contribution < -0.4 is 4.90 Å². The lowest BCUT2D eigenvalue weighted by Crippen LogP contribution is -2.35. The number of benzene rings is 2. The highest BCUT2D eigenvalue weighted by atomic mass is 16.2. The molecule has 0 spiro atoms. The van der Waals surface area contributed by atoms with E-state index >= 15 is 0 Å². The number of likely N-dealkylation sites (tertiary alicyclic amines) is 1. The Kier molecular flexibility index (Phi) is 4.39. The first kappa shape index (κ1) is 16.7. The van der Waals surface area contributed by atoms with E-state index in [0.29, 0.717) is 16.8 Å². The number of hydrogen-bond acceptors (Lipinski definition) is 4. The molecular formula is C21H20N2O3. The molecule has 0 N–H and O–H groups in total.